The van der Waals surface area contributed by atoms with Gasteiger partial charge in [-0.3, -0.25) is 4.99 Å². The number of nitrogens with zero attached hydrogens (tertiary/aromatic N) is 3. The van der Waals surface area contributed by atoms with Gasteiger partial charge in [-0.05, 0) is 127 Å². The first-order valence-corrected chi connectivity index (χ1v) is 15.3. The third-order valence-electron chi connectivity index (χ3n) is 8.58. The van der Waals surface area contributed by atoms with Crippen molar-refractivity contribution in [3.8, 4) is 0 Å². The molecule has 0 aliphatic carbocycles. The van der Waals surface area contributed by atoms with Crippen molar-refractivity contribution in [2.45, 2.75) is 38.5 Å². The Bertz CT molecular complexity index is 1590. The van der Waals surface area contributed by atoms with Gasteiger partial charge in [0.1, 0.15) is 0 Å². The summed E-state index contributed by atoms with van der Waals surface area (Å²) in [5.41, 5.74) is 13.0. The molecule has 2 aliphatic heterocycles. The van der Waals surface area contributed by atoms with Gasteiger partial charge in [0.05, 0.1) is 5.69 Å². The Morgan fingerprint density at radius 2 is 1.10 bits per heavy atom. The highest BCUT2D eigenvalue weighted by Crippen LogP contribution is 2.36. The zero-order chi connectivity index (χ0) is 28.1. The molecule has 208 valence electrons. The standard InChI is InChI=1S/C39H37N3/c1-3-11-36(12-4-1)42(37-13-5-2-6-14-37)38-23-19-31(20-24-38)16-15-30-17-21-35(22-18-30)40-29-32-27-33-9-7-25-41-26-8-10-34(28-32)39(33)41/h1-6,11-14,17-24,27-29H,7-10,15-16,25-26H2/b40-29+. The van der Waals surface area contributed by atoms with E-state index in [0.29, 0.717) is 0 Å². The molecule has 5 aromatic rings. The number of rotatable bonds is 8. The molecule has 0 spiro atoms. The zero-order valence-electron chi connectivity index (χ0n) is 24.1. The van der Waals surface area contributed by atoms with Crippen LogP contribution in [0.5, 0.6) is 0 Å². The summed E-state index contributed by atoms with van der Waals surface area (Å²) in [6.07, 6.45) is 8.97. The maximum absolute atomic E-state index is 4.83. The lowest BCUT2D eigenvalue weighted by Gasteiger charge is -2.37. The molecule has 0 unspecified atom stereocenters. The summed E-state index contributed by atoms with van der Waals surface area (Å²) in [7, 11) is 0. The van der Waals surface area contributed by atoms with Crippen molar-refractivity contribution < 1.29 is 0 Å². The normalized spacial score (nSPS) is 14.1. The Labute approximate surface area is 249 Å². The first-order chi connectivity index (χ1) is 20.8. The fraction of sp³-hybridized carbons (Fsp3) is 0.205. The predicted molar refractivity (Wildman–Crippen MR) is 178 cm³/mol. The summed E-state index contributed by atoms with van der Waals surface area (Å²) >= 11 is 0. The average Bonchev–Trinajstić information content (AvgIpc) is 3.05. The minimum absolute atomic E-state index is 1.01. The van der Waals surface area contributed by atoms with Crippen molar-refractivity contribution in [2.24, 2.45) is 4.99 Å². The maximum atomic E-state index is 4.83. The van der Waals surface area contributed by atoms with Gasteiger partial charge in [0.25, 0.3) is 0 Å². The molecule has 0 bridgehead atoms. The van der Waals surface area contributed by atoms with Crippen LogP contribution < -0.4 is 9.80 Å². The highest BCUT2D eigenvalue weighted by atomic mass is 15.1. The first kappa shape index (κ1) is 26.3. The summed E-state index contributed by atoms with van der Waals surface area (Å²) in [5, 5.41) is 0. The van der Waals surface area contributed by atoms with Crippen LogP contribution in [0.4, 0.5) is 28.4 Å². The quantitative estimate of drug-likeness (QED) is 0.180. The molecule has 2 aliphatic rings. The number of hydrogen-bond acceptors (Lipinski definition) is 3. The van der Waals surface area contributed by atoms with Crippen LogP contribution in [-0.4, -0.2) is 19.3 Å². The summed E-state index contributed by atoms with van der Waals surface area (Å²) in [6, 6.07) is 43.6. The number of aryl methyl sites for hydroxylation is 4. The number of aliphatic imine (C=N–C) groups is 1. The Kier molecular flexibility index (Phi) is 7.56. The molecule has 0 fully saturated rings. The van der Waals surface area contributed by atoms with Crippen LogP contribution in [0.2, 0.25) is 0 Å². The number of hydrogen-bond donors (Lipinski definition) is 0. The molecule has 2 heterocycles. The van der Waals surface area contributed by atoms with Crippen molar-refractivity contribution >= 4 is 34.7 Å². The Hall–Kier alpha value is -4.63. The third kappa shape index (κ3) is 5.73. The van der Waals surface area contributed by atoms with Crippen molar-refractivity contribution in [3.63, 3.8) is 0 Å². The number of para-hydroxylation sites is 2. The van der Waals surface area contributed by atoms with E-state index in [-0.39, 0.29) is 0 Å². The Morgan fingerprint density at radius 3 is 1.64 bits per heavy atom. The highest BCUT2D eigenvalue weighted by molar-refractivity contribution is 5.85. The second-order valence-corrected chi connectivity index (χ2v) is 11.5. The molecule has 0 saturated heterocycles. The fourth-order valence-corrected chi connectivity index (χ4v) is 6.50. The van der Waals surface area contributed by atoms with Gasteiger partial charge in [0.15, 0.2) is 0 Å². The van der Waals surface area contributed by atoms with Crippen LogP contribution in [0.15, 0.2) is 126 Å². The molecular formula is C39H37N3. The molecule has 42 heavy (non-hydrogen) atoms. The van der Waals surface area contributed by atoms with Gasteiger partial charge >= 0.3 is 0 Å². The van der Waals surface area contributed by atoms with Gasteiger partial charge in [0.2, 0.25) is 0 Å². The smallest absolute Gasteiger partial charge is 0.0630 e. The van der Waals surface area contributed by atoms with Crippen molar-refractivity contribution in [1.82, 2.24) is 0 Å². The molecule has 0 N–H and O–H groups in total. The second-order valence-electron chi connectivity index (χ2n) is 11.5. The lowest BCUT2D eigenvalue weighted by atomic mass is 9.90. The lowest BCUT2D eigenvalue weighted by molar-refractivity contribution is 0.634. The maximum Gasteiger partial charge on any atom is 0.0630 e. The monoisotopic (exact) mass is 547 g/mol. The predicted octanol–water partition coefficient (Wildman–Crippen LogP) is 9.39. The summed E-state index contributed by atoms with van der Waals surface area (Å²) in [5.74, 6) is 0. The van der Waals surface area contributed by atoms with E-state index in [1.54, 1.807) is 0 Å². The summed E-state index contributed by atoms with van der Waals surface area (Å²) < 4.78 is 0. The molecule has 5 aromatic carbocycles. The summed E-state index contributed by atoms with van der Waals surface area (Å²) in [6.45, 7) is 2.43. The van der Waals surface area contributed by atoms with E-state index in [2.05, 4.69) is 137 Å². The van der Waals surface area contributed by atoms with Crippen molar-refractivity contribution in [1.29, 1.82) is 0 Å². The Balaban J connectivity index is 1.00. The van der Waals surface area contributed by atoms with Crippen LogP contribution in [0.1, 0.15) is 40.7 Å². The van der Waals surface area contributed by atoms with Gasteiger partial charge in [-0.25, -0.2) is 0 Å². The third-order valence-corrected chi connectivity index (χ3v) is 8.58. The molecule has 3 nitrogen and oxygen atoms in total. The molecule has 0 saturated carbocycles. The minimum atomic E-state index is 1.01. The zero-order valence-corrected chi connectivity index (χ0v) is 24.1. The van der Waals surface area contributed by atoms with E-state index >= 15 is 0 Å². The number of anilines is 4. The molecule has 0 amide bonds. The highest BCUT2D eigenvalue weighted by Gasteiger charge is 2.23. The molecule has 3 heteroatoms. The topological polar surface area (TPSA) is 18.8 Å². The van der Waals surface area contributed by atoms with Crippen LogP contribution in [0.25, 0.3) is 0 Å². The number of benzene rings is 5. The van der Waals surface area contributed by atoms with E-state index in [0.717, 1.165) is 29.9 Å². The Morgan fingerprint density at radius 1 is 0.595 bits per heavy atom. The van der Waals surface area contributed by atoms with Gasteiger partial charge in [0, 0.05) is 42.1 Å². The SMILES string of the molecule is C(=N\c1ccc(CCc2ccc(N(c3ccccc3)c3ccccc3)cc2)cc1)/c1cc2c3c(c1)CCCN3CCC2. The van der Waals surface area contributed by atoms with Gasteiger partial charge in [-0.15, -0.1) is 0 Å². The summed E-state index contributed by atoms with van der Waals surface area (Å²) in [4.78, 5) is 9.73. The molecule has 0 radical (unpaired) electrons. The van der Waals surface area contributed by atoms with Crippen LogP contribution in [0.3, 0.4) is 0 Å². The van der Waals surface area contributed by atoms with Gasteiger partial charge in [-0.1, -0.05) is 60.7 Å². The van der Waals surface area contributed by atoms with Crippen LogP contribution >= 0.6 is 0 Å². The minimum Gasteiger partial charge on any atom is -0.371 e. The lowest BCUT2D eigenvalue weighted by Crippen LogP contribution is -2.34. The van der Waals surface area contributed by atoms with Crippen LogP contribution in [-0.2, 0) is 25.7 Å². The van der Waals surface area contributed by atoms with E-state index < -0.39 is 0 Å². The largest absolute Gasteiger partial charge is 0.371 e. The molecular weight excluding hydrogens is 510 g/mol. The fourth-order valence-electron chi connectivity index (χ4n) is 6.50. The average molecular weight is 548 g/mol. The van der Waals surface area contributed by atoms with E-state index in [9.17, 15) is 0 Å². The van der Waals surface area contributed by atoms with Gasteiger partial charge in [-0.2, -0.15) is 0 Å². The van der Waals surface area contributed by atoms with E-state index in [4.69, 9.17) is 4.99 Å². The second kappa shape index (κ2) is 12.1. The van der Waals surface area contributed by atoms with E-state index in [1.165, 1.54) is 78.0 Å². The van der Waals surface area contributed by atoms with Crippen molar-refractivity contribution in [2.75, 3.05) is 22.9 Å². The van der Waals surface area contributed by atoms with Crippen molar-refractivity contribution in [3.05, 3.63) is 149 Å². The molecule has 0 atom stereocenters. The van der Waals surface area contributed by atoms with Gasteiger partial charge < -0.3 is 9.80 Å². The molecule has 7 rings (SSSR count). The molecule has 0 aromatic heterocycles. The van der Waals surface area contributed by atoms with Crippen LogP contribution in [0, 0.1) is 0 Å². The van der Waals surface area contributed by atoms with E-state index in [1.807, 2.05) is 0 Å². The first-order valence-electron chi connectivity index (χ1n) is 15.3.